The molecule has 1 N–H and O–H groups in total. The van der Waals surface area contributed by atoms with Crippen molar-refractivity contribution in [1.82, 2.24) is 4.57 Å². The van der Waals surface area contributed by atoms with E-state index in [4.69, 9.17) is 5.11 Å². The van der Waals surface area contributed by atoms with Crippen molar-refractivity contribution in [2.45, 2.75) is 32.9 Å². The van der Waals surface area contributed by atoms with Gasteiger partial charge in [-0.05, 0) is 25.5 Å². The van der Waals surface area contributed by atoms with Gasteiger partial charge < -0.3 is 9.67 Å². The van der Waals surface area contributed by atoms with E-state index in [1.54, 1.807) is 22.9 Å². The Balaban J connectivity index is 3.16. The van der Waals surface area contributed by atoms with E-state index in [1.807, 2.05) is 13.8 Å². The zero-order chi connectivity index (χ0) is 9.84. The number of aliphatic hydroxyl groups is 1. The number of pyridine rings is 1. The molecule has 13 heavy (non-hydrogen) atoms. The summed E-state index contributed by atoms with van der Waals surface area (Å²) in [6.45, 7) is 3.83. The second kappa shape index (κ2) is 4.23. The molecule has 1 heterocycles. The smallest absolute Gasteiger partial charge is 0.256 e. The monoisotopic (exact) mass is 181 g/mol. The van der Waals surface area contributed by atoms with Gasteiger partial charge in [-0.2, -0.15) is 0 Å². The van der Waals surface area contributed by atoms with Crippen molar-refractivity contribution in [3.05, 3.63) is 34.2 Å². The Bertz CT molecular complexity index is 330. The molecule has 1 unspecified atom stereocenters. The van der Waals surface area contributed by atoms with Gasteiger partial charge in [0.25, 0.3) is 5.56 Å². The van der Waals surface area contributed by atoms with Gasteiger partial charge in [-0.3, -0.25) is 4.79 Å². The summed E-state index contributed by atoms with van der Waals surface area (Å²) in [5, 5.41) is 8.88. The number of nitrogens with zero attached hydrogens (tertiary/aromatic N) is 1. The van der Waals surface area contributed by atoms with Crippen LogP contribution in [-0.4, -0.2) is 9.67 Å². The molecule has 0 aliphatic carbocycles. The lowest BCUT2D eigenvalue weighted by Crippen LogP contribution is -2.25. The largest absolute Gasteiger partial charge is 0.391 e. The molecule has 1 aromatic heterocycles. The molecule has 0 fully saturated rings. The van der Waals surface area contributed by atoms with Gasteiger partial charge in [0.15, 0.2) is 0 Å². The fraction of sp³-hybridized carbons (Fsp3) is 0.500. The predicted molar refractivity (Wildman–Crippen MR) is 51.6 cm³/mol. The number of aliphatic hydroxyl groups excluding tert-OH is 1. The van der Waals surface area contributed by atoms with Crippen LogP contribution in [0.2, 0.25) is 0 Å². The summed E-state index contributed by atoms with van der Waals surface area (Å²) in [4.78, 5) is 11.6. The molecule has 0 amide bonds. The van der Waals surface area contributed by atoms with Crippen LogP contribution in [0.15, 0.2) is 23.1 Å². The van der Waals surface area contributed by atoms with E-state index >= 15 is 0 Å². The van der Waals surface area contributed by atoms with Crippen molar-refractivity contribution >= 4 is 0 Å². The first-order valence-corrected chi connectivity index (χ1v) is 4.51. The molecule has 0 aromatic carbocycles. The van der Waals surface area contributed by atoms with E-state index in [0.717, 1.165) is 6.42 Å². The average Bonchev–Trinajstić information content (AvgIpc) is 2.17. The minimum Gasteiger partial charge on any atom is -0.391 e. The van der Waals surface area contributed by atoms with Gasteiger partial charge in [-0.15, -0.1) is 0 Å². The normalized spacial score (nSPS) is 12.8. The quantitative estimate of drug-likeness (QED) is 0.764. The molecule has 1 aromatic rings. The van der Waals surface area contributed by atoms with Gasteiger partial charge in [0, 0.05) is 17.8 Å². The van der Waals surface area contributed by atoms with Crippen molar-refractivity contribution in [2.24, 2.45) is 0 Å². The highest BCUT2D eigenvalue weighted by Gasteiger charge is 2.05. The molecule has 72 valence electrons. The van der Waals surface area contributed by atoms with Crippen molar-refractivity contribution in [3.63, 3.8) is 0 Å². The molecule has 0 radical (unpaired) electrons. The number of hydrogen-bond donors (Lipinski definition) is 1. The van der Waals surface area contributed by atoms with E-state index in [0.29, 0.717) is 5.56 Å². The standard InChI is InChI=1S/C10H15NO2/c1-3-8(2)11-6-4-5-9(7-12)10(11)13/h4-6,8,12H,3,7H2,1-2H3. The van der Waals surface area contributed by atoms with Crippen LogP contribution in [0.4, 0.5) is 0 Å². The molecule has 1 rings (SSSR count). The first-order chi connectivity index (χ1) is 6.20. The van der Waals surface area contributed by atoms with Crippen LogP contribution in [-0.2, 0) is 6.61 Å². The lowest BCUT2D eigenvalue weighted by molar-refractivity contribution is 0.278. The second-order valence-corrected chi connectivity index (χ2v) is 3.16. The first-order valence-electron chi connectivity index (χ1n) is 4.51. The van der Waals surface area contributed by atoms with Gasteiger partial charge in [0.05, 0.1) is 6.61 Å². The van der Waals surface area contributed by atoms with E-state index in [2.05, 4.69) is 0 Å². The van der Waals surface area contributed by atoms with E-state index in [-0.39, 0.29) is 18.2 Å². The zero-order valence-electron chi connectivity index (χ0n) is 8.03. The van der Waals surface area contributed by atoms with Crippen LogP contribution in [0.1, 0.15) is 31.9 Å². The fourth-order valence-electron chi connectivity index (χ4n) is 1.22. The van der Waals surface area contributed by atoms with Crippen molar-refractivity contribution < 1.29 is 5.11 Å². The van der Waals surface area contributed by atoms with E-state index in [9.17, 15) is 4.79 Å². The van der Waals surface area contributed by atoms with E-state index in [1.165, 1.54) is 0 Å². The lowest BCUT2D eigenvalue weighted by atomic mass is 10.2. The fourth-order valence-corrected chi connectivity index (χ4v) is 1.22. The van der Waals surface area contributed by atoms with Crippen LogP contribution in [0.25, 0.3) is 0 Å². The third-order valence-corrected chi connectivity index (χ3v) is 2.29. The van der Waals surface area contributed by atoms with Crippen LogP contribution < -0.4 is 5.56 Å². The Morgan fingerprint density at radius 1 is 1.62 bits per heavy atom. The summed E-state index contributed by atoms with van der Waals surface area (Å²) in [7, 11) is 0. The minimum absolute atomic E-state index is 0.0839. The number of hydrogen-bond acceptors (Lipinski definition) is 2. The molecule has 3 heteroatoms. The van der Waals surface area contributed by atoms with Crippen LogP contribution >= 0.6 is 0 Å². The predicted octanol–water partition coefficient (Wildman–Crippen LogP) is 1.31. The maximum Gasteiger partial charge on any atom is 0.256 e. The highest BCUT2D eigenvalue weighted by molar-refractivity contribution is 5.09. The summed E-state index contributed by atoms with van der Waals surface area (Å²) in [5.41, 5.74) is 0.377. The van der Waals surface area contributed by atoms with Crippen molar-refractivity contribution in [2.75, 3.05) is 0 Å². The van der Waals surface area contributed by atoms with Crippen LogP contribution in [0.5, 0.6) is 0 Å². The Kier molecular flexibility index (Phi) is 3.25. The maximum atomic E-state index is 11.6. The summed E-state index contributed by atoms with van der Waals surface area (Å²) in [6.07, 6.45) is 2.67. The molecule has 0 saturated heterocycles. The first kappa shape index (κ1) is 9.99. The summed E-state index contributed by atoms with van der Waals surface area (Å²) >= 11 is 0. The summed E-state index contributed by atoms with van der Waals surface area (Å²) in [5.74, 6) is 0. The van der Waals surface area contributed by atoms with E-state index < -0.39 is 0 Å². The number of rotatable bonds is 3. The van der Waals surface area contributed by atoms with Gasteiger partial charge in [-0.1, -0.05) is 6.92 Å². The lowest BCUT2D eigenvalue weighted by Gasteiger charge is -2.13. The Morgan fingerprint density at radius 2 is 2.31 bits per heavy atom. The van der Waals surface area contributed by atoms with Crippen LogP contribution in [0.3, 0.4) is 0 Å². The third-order valence-electron chi connectivity index (χ3n) is 2.29. The van der Waals surface area contributed by atoms with Crippen molar-refractivity contribution in [1.29, 1.82) is 0 Å². The summed E-state index contributed by atoms with van der Waals surface area (Å²) < 4.78 is 1.66. The SMILES string of the molecule is CCC(C)n1cccc(CO)c1=O. The Labute approximate surface area is 77.6 Å². The molecule has 1 atom stereocenters. The average molecular weight is 181 g/mol. The molecule has 0 spiro atoms. The van der Waals surface area contributed by atoms with Crippen molar-refractivity contribution in [3.8, 4) is 0 Å². The van der Waals surface area contributed by atoms with Gasteiger partial charge >= 0.3 is 0 Å². The third kappa shape index (κ3) is 1.98. The maximum absolute atomic E-state index is 11.6. The van der Waals surface area contributed by atoms with Crippen LogP contribution in [0, 0.1) is 0 Å². The van der Waals surface area contributed by atoms with Gasteiger partial charge in [0.2, 0.25) is 0 Å². The molecule has 3 nitrogen and oxygen atoms in total. The zero-order valence-corrected chi connectivity index (χ0v) is 8.03. The molecule has 0 saturated carbocycles. The molecule has 0 aliphatic heterocycles. The van der Waals surface area contributed by atoms with Gasteiger partial charge in [0.1, 0.15) is 0 Å². The second-order valence-electron chi connectivity index (χ2n) is 3.16. The highest BCUT2D eigenvalue weighted by Crippen LogP contribution is 2.06. The Hall–Kier alpha value is -1.09. The molecular formula is C10H15NO2. The molecule has 0 aliphatic rings. The minimum atomic E-state index is -0.184. The topological polar surface area (TPSA) is 42.2 Å². The molecular weight excluding hydrogens is 166 g/mol. The highest BCUT2D eigenvalue weighted by atomic mass is 16.3. The Morgan fingerprint density at radius 3 is 2.85 bits per heavy atom. The molecule has 0 bridgehead atoms. The summed E-state index contributed by atoms with van der Waals surface area (Å²) in [6, 6.07) is 3.64. The number of aromatic nitrogens is 1. The van der Waals surface area contributed by atoms with Gasteiger partial charge in [-0.25, -0.2) is 0 Å².